The summed E-state index contributed by atoms with van der Waals surface area (Å²) in [6.07, 6.45) is 12.9. The molecule has 1 aliphatic rings. The topological polar surface area (TPSA) is 53.6 Å². The Hall–Kier alpha value is -0.0400. The second-order valence-corrected chi connectivity index (χ2v) is 6.32. The van der Waals surface area contributed by atoms with Gasteiger partial charge in [-0.15, -0.1) is 24.0 Å². The third kappa shape index (κ3) is 12.2. The summed E-state index contributed by atoms with van der Waals surface area (Å²) < 4.78 is 0. The average molecular weight is 410 g/mol. The van der Waals surface area contributed by atoms with Gasteiger partial charge in [0.1, 0.15) is 0 Å². The molecule has 126 valence electrons. The lowest BCUT2D eigenvalue weighted by Crippen LogP contribution is -2.41. The largest absolute Gasteiger partial charge is 0.370 e. The molecule has 1 fully saturated rings. The quantitative estimate of drug-likeness (QED) is 0.265. The number of halogens is 1. The van der Waals surface area contributed by atoms with Crippen LogP contribution >= 0.6 is 24.0 Å². The van der Waals surface area contributed by atoms with Gasteiger partial charge in [-0.3, -0.25) is 4.99 Å². The fraction of sp³-hybridized carbons (Fsp3) is 0.938. The van der Waals surface area contributed by atoms with Crippen LogP contribution in [0.4, 0.5) is 0 Å². The van der Waals surface area contributed by atoms with E-state index >= 15 is 0 Å². The predicted molar refractivity (Wildman–Crippen MR) is 104 cm³/mol. The Balaban J connectivity index is 0.00000400. The highest BCUT2D eigenvalue weighted by Crippen LogP contribution is 2.17. The van der Waals surface area contributed by atoms with Gasteiger partial charge in [0.2, 0.25) is 0 Å². The Labute approximate surface area is 148 Å². The van der Waals surface area contributed by atoms with Crippen molar-refractivity contribution in [2.45, 2.75) is 70.3 Å². The molecule has 1 rings (SSSR count). The number of aliphatic imine (C=N–C) groups is 1. The van der Waals surface area contributed by atoms with Crippen LogP contribution < -0.4 is 11.1 Å². The van der Waals surface area contributed by atoms with Crippen molar-refractivity contribution < 1.29 is 0 Å². The molecule has 0 heterocycles. The molecule has 5 heteroatoms. The van der Waals surface area contributed by atoms with E-state index in [2.05, 4.69) is 29.3 Å². The number of nitrogens with zero attached hydrogens (tertiary/aromatic N) is 2. The molecule has 21 heavy (non-hydrogen) atoms. The normalized spacial score (nSPS) is 16.8. The minimum atomic E-state index is 0. The third-order valence-corrected chi connectivity index (χ3v) is 4.00. The van der Waals surface area contributed by atoms with Crippen LogP contribution in [0.15, 0.2) is 4.99 Å². The van der Waals surface area contributed by atoms with Gasteiger partial charge >= 0.3 is 0 Å². The van der Waals surface area contributed by atoms with Crippen LogP contribution in [0.1, 0.15) is 64.2 Å². The van der Waals surface area contributed by atoms with Gasteiger partial charge in [0, 0.05) is 12.6 Å². The summed E-state index contributed by atoms with van der Waals surface area (Å²) in [5.74, 6) is 0.657. The number of unbranched alkanes of at least 4 members (excludes halogenated alkanes) is 4. The molecule has 0 saturated heterocycles. The number of guanidine groups is 1. The second kappa shape index (κ2) is 13.6. The molecule has 4 nitrogen and oxygen atoms in total. The highest BCUT2D eigenvalue weighted by molar-refractivity contribution is 14.0. The summed E-state index contributed by atoms with van der Waals surface area (Å²) in [6.45, 7) is 2.08. The average Bonchev–Trinajstić information content (AvgIpc) is 2.42. The molecular weight excluding hydrogens is 375 g/mol. The van der Waals surface area contributed by atoms with E-state index in [1.165, 1.54) is 64.3 Å². The zero-order valence-electron chi connectivity index (χ0n) is 13.9. The lowest BCUT2D eigenvalue weighted by molar-refractivity contribution is 0.390. The van der Waals surface area contributed by atoms with Gasteiger partial charge in [0.15, 0.2) is 5.96 Å². The molecule has 0 aromatic carbocycles. The Morgan fingerprint density at radius 1 is 1.05 bits per heavy atom. The first-order valence-electron chi connectivity index (χ1n) is 8.39. The van der Waals surface area contributed by atoms with Crippen molar-refractivity contribution in [2.24, 2.45) is 10.7 Å². The number of hydrogen-bond donors (Lipinski definition) is 2. The number of nitrogens with two attached hydrogens (primary N) is 1. The van der Waals surface area contributed by atoms with Crippen LogP contribution in [0.3, 0.4) is 0 Å². The van der Waals surface area contributed by atoms with E-state index in [0.29, 0.717) is 12.0 Å². The molecule has 1 saturated carbocycles. The fourth-order valence-electron chi connectivity index (χ4n) is 2.77. The smallest absolute Gasteiger partial charge is 0.188 e. The van der Waals surface area contributed by atoms with Gasteiger partial charge in [0.05, 0.1) is 0 Å². The van der Waals surface area contributed by atoms with Crippen molar-refractivity contribution in [1.82, 2.24) is 10.2 Å². The highest BCUT2D eigenvalue weighted by atomic mass is 127. The zero-order valence-corrected chi connectivity index (χ0v) is 16.3. The van der Waals surface area contributed by atoms with Crippen LogP contribution in [-0.4, -0.2) is 44.1 Å². The molecule has 3 N–H and O–H groups in total. The van der Waals surface area contributed by atoms with E-state index in [1.807, 2.05) is 0 Å². The van der Waals surface area contributed by atoms with Crippen molar-refractivity contribution in [3.8, 4) is 0 Å². The molecule has 0 aromatic heterocycles. The predicted octanol–water partition coefficient (Wildman–Crippen LogP) is 3.35. The lowest BCUT2D eigenvalue weighted by atomic mass is 9.96. The van der Waals surface area contributed by atoms with Crippen LogP contribution in [0.2, 0.25) is 0 Å². The Kier molecular flexibility index (Phi) is 13.6. The van der Waals surface area contributed by atoms with E-state index in [1.54, 1.807) is 0 Å². The summed E-state index contributed by atoms with van der Waals surface area (Å²) in [4.78, 5) is 6.69. The molecule has 0 atom stereocenters. The molecular formula is C16H35IN4. The zero-order chi connectivity index (χ0) is 14.6. The monoisotopic (exact) mass is 410 g/mol. The molecule has 1 aliphatic carbocycles. The van der Waals surface area contributed by atoms with Gasteiger partial charge in [0.25, 0.3) is 0 Å². The van der Waals surface area contributed by atoms with Crippen LogP contribution in [0.5, 0.6) is 0 Å². The number of rotatable bonds is 9. The van der Waals surface area contributed by atoms with Crippen molar-refractivity contribution in [2.75, 3.05) is 27.2 Å². The van der Waals surface area contributed by atoms with Gasteiger partial charge in [-0.25, -0.2) is 0 Å². The molecule has 0 aromatic rings. The Morgan fingerprint density at radius 3 is 2.33 bits per heavy atom. The maximum atomic E-state index is 5.93. The number of hydrogen-bond acceptors (Lipinski definition) is 2. The summed E-state index contributed by atoms with van der Waals surface area (Å²) in [5, 5.41) is 3.36. The Morgan fingerprint density at radius 2 is 1.67 bits per heavy atom. The summed E-state index contributed by atoms with van der Waals surface area (Å²) in [7, 11) is 4.27. The molecule has 0 unspecified atom stereocenters. The standard InChI is InChI=1S/C16H34N4.HI/c1-20(2)14-10-5-3-4-9-13-18-16(17)19-15-11-7-6-8-12-15;/h15H,3-14H2,1-2H3,(H3,17,18,19);1H. The first-order chi connectivity index (χ1) is 9.68. The maximum Gasteiger partial charge on any atom is 0.188 e. The molecule has 0 radical (unpaired) electrons. The van der Waals surface area contributed by atoms with Crippen molar-refractivity contribution >= 4 is 29.9 Å². The molecule has 0 aliphatic heterocycles. The number of nitrogens with one attached hydrogen (secondary N) is 1. The van der Waals surface area contributed by atoms with Gasteiger partial charge in [-0.2, -0.15) is 0 Å². The summed E-state index contributed by atoms with van der Waals surface area (Å²) >= 11 is 0. The minimum Gasteiger partial charge on any atom is -0.370 e. The highest BCUT2D eigenvalue weighted by Gasteiger charge is 2.12. The fourth-order valence-corrected chi connectivity index (χ4v) is 2.77. The van der Waals surface area contributed by atoms with Crippen LogP contribution in [-0.2, 0) is 0 Å². The van der Waals surface area contributed by atoms with E-state index in [9.17, 15) is 0 Å². The molecule has 0 amide bonds. The second-order valence-electron chi connectivity index (χ2n) is 6.32. The molecule has 0 bridgehead atoms. The summed E-state index contributed by atoms with van der Waals surface area (Å²) in [6, 6.07) is 0.568. The maximum absolute atomic E-state index is 5.93. The van der Waals surface area contributed by atoms with Crippen molar-refractivity contribution in [3.05, 3.63) is 0 Å². The van der Waals surface area contributed by atoms with E-state index < -0.39 is 0 Å². The van der Waals surface area contributed by atoms with E-state index in [0.717, 1.165) is 13.0 Å². The summed E-state index contributed by atoms with van der Waals surface area (Å²) in [5.41, 5.74) is 5.93. The first kappa shape index (κ1) is 21.0. The van der Waals surface area contributed by atoms with E-state index in [-0.39, 0.29) is 24.0 Å². The van der Waals surface area contributed by atoms with Crippen LogP contribution in [0.25, 0.3) is 0 Å². The third-order valence-electron chi connectivity index (χ3n) is 4.00. The van der Waals surface area contributed by atoms with Gasteiger partial charge < -0.3 is 16.0 Å². The first-order valence-corrected chi connectivity index (χ1v) is 8.39. The van der Waals surface area contributed by atoms with Crippen molar-refractivity contribution in [1.29, 1.82) is 0 Å². The van der Waals surface area contributed by atoms with Crippen molar-refractivity contribution in [3.63, 3.8) is 0 Å². The minimum absolute atomic E-state index is 0. The SMILES string of the molecule is CN(C)CCCCCCCN=C(N)NC1CCCCC1.I. The van der Waals surface area contributed by atoms with E-state index in [4.69, 9.17) is 5.73 Å². The van der Waals surface area contributed by atoms with Crippen LogP contribution in [0, 0.1) is 0 Å². The Bertz CT molecular complexity index is 263. The van der Waals surface area contributed by atoms with Gasteiger partial charge in [-0.1, -0.05) is 38.5 Å². The van der Waals surface area contributed by atoms with Gasteiger partial charge in [-0.05, 0) is 46.3 Å². The lowest BCUT2D eigenvalue weighted by Gasteiger charge is -2.23. The molecule has 0 spiro atoms.